The summed E-state index contributed by atoms with van der Waals surface area (Å²) in [6.45, 7) is 4.21. The van der Waals surface area contributed by atoms with Gasteiger partial charge in [0.2, 0.25) is 11.8 Å². The van der Waals surface area contributed by atoms with E-state index in [9.17, 15) is 0 Å². The molecule has 5 heteroatoms. The van der Waals surface area contributed by atoms with Crippen molar-refractivity contribution in [3.63, 3.8) is 0 Å². The molecule has 0 saturated heterocycles. The number of hydrogen-bond acceptors (Lipinski definition) is 5. The van der Waals surface area contributed by atoms with Gasteiger partial charge in [-0.15, -0.1) is 0 Å². The first-order chi connectivity index (χ1) is 9.15. The van der Waals surface area contributed by atoms with E-state index < -0.39 is 0 Å². The molecule has 0 aliphatic carbocycles. The van der Waals surface area contributed by atoms with Crippen LogP contribution in [0.3, 0.4) is 0 Å². The van der Waals surface area contributed by atoms with Crippen molar-refractivity contribution >= 4 is 23.1 Å². The third kappa shape index (κ3) is 3.15. The number of nitrogens with zero attached hydrogens (tertiary/aromatic N) is 2. The maximum Gasteiger partial charge on any atom is 0.209 e. The van der Waals surface area contributed by atoms with Crippen LogP contribution in [0.1, 0.15) is 19.4 Å². The van der Waals surface area contributed by atoms with Gasteiger partial charge in [0.15, 0.2) is 0 Å². The van der Waals surface area contributed by atoms with Gasteiger partial charge in [0.1, 0.15) is 12.1 Å². The van der Waals surface area contributed by atoms with Crippen molar-refractivity contribution in [2.45, 2.75) is 32.4 Å². The van der Waals surface area contributed by atoms with Crippen LogP contribution in [-0.4, -0.2) is 38.1 Å². The van der Waals surface area contributed by atoms with Crippen LogP contribution in [0, 0.1) is 5.92 Å². The van der Waals surface area contributed by atoms with E-state index in [0.29, 0.717) is 17.7 Å². The Kier molecular flexibility index (Phi) is 4.58. The smallest absolute Gasteiger partial charge is 0.209 e. The molecule has 4 nitrogen and oxygen atoms in total. The molecule has 0 radical (unpaired) electrons. The molecule has 19 heavy (non-hydrogen) atoms. The molecule has 104 valence electrons. The van der Waals surface area contributed by atoms with Gasteiger partial charge in [-0.3, -0.25) is 0 Å². The molecule has 0 amide bonds. The minimum atomic E-state index is -0.0791. The molecular formula is C14H20N2O2S. The average molecular weight is 280 g/mol. The van der Waals surface area contributed by atoms with E-state index in [-0.39, 0.29) is 12.1 Å². The highest BCUT2D eigenvalue weighted by Crippen LogP contribution is 2.20. The Morgan fingerprint density at radius 2 is 1.95 bits per heavy atom. The van der Waals surface area contributed by atoms with Crippen LogP contribution in [-0.2, 0) is 15.9 Å². The summed E-state index contributed by atoms with van der Waals surface area (Å²) in [7, 11) is 3.31. The molecule has 1 aliphatic rings. The lowest BCUT2D eigenvalue weighted by Gasteiger charge is -2.26. The first kappa shape index (κ1) is 14.1. The fraction of sp³-hybridized carbons (Fsp3) is 0.571. The lowest BCUT2D eigenvalue weighted by molar-refractivity contribution is 0.333. The highest BCUT2D eigenvalue weighted by Gasteiger charge is 2.30. The van der Waals surface area contributed by atoms with Gasteiger partial charge < -0.3 is 9.47 Å². The molecular weight excluding hydrogens is 260 g/mol. The van der Waals surface area contributed by atoms with E-state index in [1.54, 1.807) is 25.6 Å². The summed E-state index contributed by atoms with van der Waals surface area (Å²) in [6.07, 6.45) is 0.799. The van der Waals surface area contributed by atoms with Crippen molar-refractivity contribution in [3.05, 3.63) is 22.4 Å². The van der Waals surface area contributed by atoms with Crippen LogP contribution < -0.4 is 0 Å². The standard InChI is InChI=1S/C14H20N2O2S/c1-9(2)12-14(18-4)15-11(13(16-12)17-3)7-10-5-6-19-8-10/h5-6,8-9,11-12H,7H2,1-4H3/t11-,12+/m1/s1. The van der Waals surface area contributed by atoms with Gasteiger partial charge in [0, 0.05) is 6.42 Å². The van der Waals surface area contributed by atoms with E-state index in [2.05, 4.69) is 40.7 Å². The Labute approximate surface area is 118 Å². The summed E-state index contributed by atoms with van der Waals surface area (Å²) in [5.41, 5.74) is 1.25. The largest absolute Gasteiger partial charge is 0.483 e. The van der Waals surface area contributed by atoms with Crippen LogP contribution in [0.25, 0.3) is 0 Å². The number of ether oxygens (including phenoxy) is 2. The first-order valence-electron chi connectivity index (χ1n) is 6.40. The third-order valence-corrected chi connectivity index (χ3v) is 3.88. The molecule has 1 aromatic rings. The van der Waals surface area contributed by atoms with Crippen LogP contribution in [0.5, 0.6) is 0 Å². The maximum absolute atomic E-state index is 5.42. The topological polar surface area (TPSA) is 43.2 Å². The van der Waals surface area contributed by atoms with Gasteiger partial charge in [-0.25, -0.2) is 9.98 Å². The van der Waals surface area contributed by atoms with E-state index in [4.69, 9.17) is 9.47 Å². The zero-order valence-corrected chi connectivity index (χ0v) is 12.6. The normalized spacial score (nSPS) is 23.0. The number of thiophene rings is 1. The van der Waals surface area contributed by atoms with Gasteiger partial charge in [-0.05, 0) is 28.3 Å². The van der Waals surface area contributed by atoms with Gasteiger partial charge >= 0.3 is 0 Å². The maximum atomic E-state index is 5.42. The lowest BCUT2D eigenvalue weighted by atomic mass is 10.0. The number of rotatable bonds is 3. The Bertz CT molecular complexity index is 466. The molecule has 1 aromatic heterocycles. The van der Waals surface area contributed by atoms with Crippen molar-refractivity contribution in [3.8, 4) is 0 Å². The summed E-state index contributed by atoms with van der Waals surface area (Å²) in [4.78, 5) is 9.33. The van der Waals surface area contributed by atoms with Crippen molar-refractivity contribution in [1.29, 1.82) is 0 Å². The fourth-order valence-corrected chi connectivity index (χ4v) is 2.81. The van der Waals surface area contributed by atoms with Crippen molar-refractivity contribution in [2.24, 2.45) is 15.9 Å². The minimum absolute atomic E-state index is 0.0429. The van der Waals surface area contributed by atoms with Gasteiger partial charge in [-0.1, -0.05) is 13.8 Å². The van der Waals surface area contributed by atoms with Gasteiger partial charge in [0.05, 0.1) is 14.2 Å². The Morgan fingerprint density at radius 3 is 2.47 bits per heavy atom. The van der Waals surface area contributed by atoms with Crippen molar-refractivity contribution < 1.29 is 9.47 Å². The predicted molar refractivity (Wildman–Crippen MR) is 79.3 cm³/mol. The monoisotopic (exact) mass is 280 g/mol. The second-order valence-electron chi connectivity index (χ2n) is 4.88. The highest BCUT2D eigenvalue weighted by molar-refractivity contribution is 7.07. The molecule has 2 heterocycles. The molecule has 0 unspecified atom stereocenters. The Hall–Kier alpha value is -1.36. The average Bonchev–Trinajstić information content (AvgIpc) is 2.90. The van der Waals surface area contributed by atoms with Crippen molar-refractivity contribution in [2.75, 3.05) is 14.2 Å². The summed E-state index contributed by atoms with van der Waals surface area (Å²) in [5.74, 6) is 1.74. The molecule has 1 aliphatic heterocycles. The summed E-state index contributed by atoms with van der Waals surface area (Å²) in [6, 6.07) is 1.98. The molecule has 0 aromatic carbocycles. The van der Waals surface area contributed by atoms with E-state index >= 15 is 0 Å². The van der Waals surface area contributed by atoms with E-state index in [1.165, 1.54) is 5.56 Å². The third-order valence-electron chi connectivity index (χ3n) is 3.15. The predicted octanol–water partition coefficient (Wildman–Crippen LogP) is 2.79. The van der Waals surface area contributed by atoms with Crippen LogP contribution in [0.2, 0.25) is 0 Å². The first-order valence-corrected chi connectivity index (χ1v) is 7.34. The molecule has 0 bridgehead atoms. The van der Waals surface area contributed by atoms with Crippen LogP contribution in [0.15, 0.2) is 26.8 Å². The van der Waals surface area contributed by atoms with Crippen LogP contribution in [0.4, 0.5) is 0 Å². The Morgan fingerprint density at radius 1 is 1.21 bits per heavy atom. The summed E-state index contributed by atoms with van der Waals surface area (Å²) < 4.78 is 10.8. The zero-order chi connectivity index (χ0) is 13.8. The molecule has 0 spiro atoms. The molecule has 2 rings (SSSR count). The zero-order valence-electron chi connectivity index (χ0n) is 11.8. The quantitative estimate of drug-likeness (QED) is 0.854. The fourth-order valence-electron chi connectivity index (χ4n) is 2.12. The van der Waals surface area contributed by atoms with Gasteiger partial charge in [0.25, 0.3) is 0 Å². The lowest BCUT2D eigenvalue weighted by Crippen LogP contribution is -2.38. The SMILES string of the molecule is COC1=N[C@H](Cc2ccsc2)C(OC)=N[C@H]1C(C)C. The molecule has 2 atom stereocenters. The van der Waals surface area contributed by atoms with Crippen LogP contribution >= 0.6 is 11.3 Å². The minimum Gasteiger partial charge on any atom is -0.483 e. The van der Waals surface area contributed by atoms with E-state index in [0.717, 1.165) is 6.42 Å². The molecule has 0 N–H and O–H groups in total. The number of aliphatic imine (C=N–C) groups is 2. The van der Waals surface area contributed by atoms with E-state index in [1.807, 2.05) is 0 Å². The molecule has 0 fully saturated rings. The summed E-state index contributed by atoms with van der Waals surface area (Å²) in [5, 5.41) is 4.20. The van der Waals surface area contributed by atoms with Gasteiger partial charge in [-0.2, -0.15) is 11.3 Å². The number of methoxy groups -OCH3 is 2. The Balaban J connectivity index is 2.22. The number of hydrogen-bond donors (Lipinski definition) is 0. The van der Waals surface area contributed by atoms with Crippen molar-refractivity contribution in [1.82, 2.24) is 0 Å². The second-order valence-corrected chi connectivity index (χ2v) is 5.66. The summed E-state index contributed by atoms with van der Waals surface area (Å²) >= 11 is 1.69. The highest BCUT2D eigenvalue weighted by atomic mass is 32.1. The second kappa shape index (κ2) is 6.19. The molecule has 0 saturated carbocycles.